The number of thioether (sulfide) groups is 1. The Morgan fingerprint density at radius 2 is 1.83 bits per heavy atom. The monoisotopic (exact) mass is 411 g/mol. The lowest BCUT2D eigenvalue weighted by atomic mass is 10.1. The largest absolute Gasteiger partial charge is 0.496 e. The van der Waals surface area contributed by atoms with Crippen LogP contribution in [0.1, 0.15) is 5.56 Å². The van der Waals surface area contributed by atoms with Gasteiger partial charge in [-0.15, -0.1) is 10.2 Å². The Morgan fingerprint density at radius 1 is 1.10 bits per heavy atom. The quantitative estimate of drug-likeness (QED) is 0.551. The van der Waals surface area contributed by atoms with Gasteiger partial charge in [0.25, 0.3) is 0 Å². The summed E-state index contributed by atoms with van der Waals surface area (Å²) in [6, 6.07) is 16.8. The number of amides is 3. The van der Waals surface area contributed by atoms with Gasteiger partial charge < -0.3 is 15.0 Å². The molecule has 0 radical (unpaired) electrons. The van der Waals surface area contributed by atoms with Gasteiger partial charge in [0.1, 0.15) is 5.75 Å². The number of carbonyl (C=O) groups excluding carboxylic acids is 2. The summed E-state index contributed by atoms with van der Waals surface area (Å²) in [6.07, 6.45) is 0.766. The van der Waals surface area contributed by atoms with Gasteiger partial charge in [0, 0.05) is 6.54 Å². The standard InChI is InChI=1S/C20H21N5O3S/c1-28-16-10-6-5-9-15(16)18-23-24-20(29-13-17(26)22-19(21)27)25(18)12-11-14-7-3-2-4-8-14/h2-10H,11-13H2,1H3,(H3,21,22,26,27). The molecule has 9 heteroatoms. The lowest BCUT2D eigenvalue weighted by molar-refractivity contribution is -0.117. The van der Waals surface area contributed by atoms with Gasteiger partial charge in [-0.25, -0.2) is 4.79 Å². The number of benzene rings is 2. The number of aryl methyl sites for hydroxylation is 1. The van der Waals surface area contributed by atoms with Gasteiger partial charge in [-0.05, 0) is 24.1 Å². The summed E-state index contributed by atoms with van der Waals surface area (Å²) in [5.41, 5.74) is 6.97. The van der Waals surface area contributed by atoms with Gasteiger partial charge in [0.15, 0.2) is 11.0 Å². The summed E-state index contributed by atoms with van der Waals surface area (Å²) in [5.74, 6) is 0.845. The van der Waals surface area contributed by atoms with Gasteiger partial charge >= 0.3 is 6.03 Å². The third kappa shape index (κ3) is 5.35. The fourth-order valence-corrected chi connectivity index (χ4v) is 3.58. The predicted molar refractivity (Wildman–Crippen MR) is 111 cm³/mol. The summed E-state index contributed by atoms with van der Waals surface area (Å²) in [5, 5.41) is 11.2. The molecule has 0 saturated carbocycles. The minimum Gasteiger partial charge on any atom is -0.496 e. The number of aromatic nitrogens is 3. The van der Waals surface area contributed by atoms with Crippen molar-refractivity contribution in [2.75, 3.05) is 12.9 Å². The van der Waals surface area contributed by atoms with E-state index in [1.54, 1.807) is 7.11 Å². The Hall–Kier alpha value is -3.33. The van der Waals surface area contributed by atoms with Crippen LogP contribution in [0.2, 0.25) is 0 Å². The molecule has 150 valence electrons. The molecular formula is C20H21N5O3S. The van der Waals surface area contributed by atoms with Crippen molar-refractivity contribution in [3.63, 3.8) is 0 Å². The Bertz CT molecular complexity index is 991. The van der Waals surface area contributed by atoms with Crippen LogP contribution < -0.4 is 15.8 Å². The first-order valence-corrected chi connectivity index (χ1v) is 9.89. The average Bonchev–Trinajstić information content (AvgIpc) is 3.13. The van der Waals surface area contributed by atoms with Crippen LogP contribution in [0.25, 0.3) is 11.4 Å². The number of nitrogens with zero attached hydrogens (tertiary/aromatic N) is 3. The molecule has 0 bridgehead atoms. The molecule has 29 heavy (non-hydrogen) atoms. The normalized spacial score (nSPS) is 10.5. The number of carbonyl (C=O) groups is 2. The number of rotatable bonds is 8. The summed E-state index contributed by atoms with van der Waals surface area (Å²) >= 11 is 1.19. The highest BCUT2D eigenvalue weighted by atomic mass is 32.2. The lowest BCUT2D eigenvalue weighted by Gasteiger charge is -2.12. The molecule has 1 heterocycles. The SMILES string of the molecule is COc1ccccc1-c1nnc(SCC(=O)NC(N)=O)n1CCc1ccccc1. The molecule has 3 N–H and O–H groups in total. The first-order valence-electron chi connectivity index (χ1n) is 8.91. The smallest absolute Gasteiger partial charge is 0.318 e. The van der Waals surface area contributed by atoms with Crippen LogP contribution in [0.5, 0.6) is 5.75 Å². The zero-order valence-corrected chi connectivity index (χ0v) is 16.7. The number of nitrogens with two attached hydrogens (primary N) is 1. The maximum Gasteiger partial charge on any atom is 0.318 e. The number of urea groups is 1. The zero-order chi connectivity index (χ0) is 20.6. The number of para-hydroxylation sites is 1. The Balaban J connectivity index is 1.88. The zero-order valence-electron chi connectivity index (χ0n) is 15.9. The lowest BCUT2D eigenvalue weighted by Crippen LogP contribution is -2.36. The average molecular weight is 411 g/mol. The second-order valence-corrected chi connectivity index (χ2v) is 7.04. The number of hydrogen-bond donors (Lipinski definition) is 2. The molecule has 0 aliphatic rings. The summed E-state index contributed by atoms with van der Waals surface area (Å²) in [4.78, 5) is 22.6. The van der Waals surface area contributed by atoms with Crippen molar-refractivity contribution < 1.29 is 14.3 Å². The predicted octanol–water partition coefficient (Wildman–Crippen LogP) is 2.48. The summed E-state index contributed by atoms with van der Waals surface area (Å²) in [6.45, 7) is 0.615. The van der Waals surface area contributed by atoms with Crippen LogP contribution in [0.15, 0.2) is 59.8 Å². The number of ether oxygens (including phenoxy) is 1. The van der Waals surface area contributed by atoms with Gasteiger partial charge in [0.2, 0.25) is 5.91 Å². The van der Waals surface area contributed by atoms with E-state index in [2.05, 4.69) is 22.3 Å². The second-order valence-electron chi connectivity index (χ2n) is 6.09. The van der Waals surface area contributed by atoms with E-state index in [4.69, 9.17) is 10.5 Å². The van der Waals surface area contributed by atoms with Crippen molar-refractivity contribution in [3.05, 3.63) is 60.2 Å². The molecule has 0 atom stereocenters. The van der Waals surface area contributed by atoms with E-state index in [1.165, 1.54) is 17.3 Å². The highest BCUT2D eigenvalue weighted by Gasteiger charge is 2.18. The van der Waals surface area contributed by atoms with E-state index in [0.29, 0.717) is 23.3 Å². The van der Waals surface area contributed by atoms with Crippen LogP contribution >= 0.6 is 11.8 Å². The molecule has 3 aromatic rings. The van der Waals surface area contributed by atoms with Crippen molar-refractivity contribution in [3.8, 4) is 17.1 Å². The molecule has 0 aliphatic heterocycles. The van der Waals surface area contributed by atoms with E-state index in [-0.39, 0.29) is 5.75 Å². The molecule has 2 aromatic carbocycles. The third-order valence-corrected chi connectivity index (χ3v) is 5.09. The molecule has 8 nitrogen and oxygen atoms in total. The third-order valence-electron chi connectivity index (χ3n) is 4.13. The van der Waals surface area contributed by atoms with Crippen molar-refractivity contribution in [1.82, 2.24) is 20.1 Å². The number of nitrogens with one attached hydrogen (secondary N) is 1. The van der Waals surface area contributed by atoms with E-state index < -0.39 is 11.9 Å². The Morgan fingerprint density at radius 3 is 2.55 bits per heavy atom. The number of methoxy groups -OCH3 is 1. The van der Waals surface area contributed by atoms with Gasteiger partial charge in [-0.2, -0.15) is 0 Å². The van der Waals surface area contributed by atoms with E-state index in [9.17, 15) is 9.59 Å². The number of imide groups is 1. The van der Waals surface area contributed by atoms with Crippen molar-refractivity contribution >= 4 is 23.7 Å². The molecule has 3 rings (SSSR count). The van der Waals surface area contributed by atoms with Crippen LogP contribution in [0.3, 0.4) is 0 Å². The molecule has 0 saturated heterocycles. The maximum absolute atomic E-state index is 11.8. The minimum absolute atomic E-state index is 0.00165. The second kappa shape index (κ2) is 9.74. The first kappa shape index (κ1) is 20.4. The molecule has 3 amide bonds. The molecule has 0 fully saturated rings. The Kier molecular flexibility index (Phi) is 6.85. The topological polar surface area (TPSA) is 112 Å². The van der Waals surface area contributed by atoms with Crippen LogP contribution in [-0.2, 0) is 17.8 Å². The van der Waals surface area contributed by atoms with Crippen LogP contribution in [0, 0.1) is 0 Å². The van der Waals surface area contributed by atoms with E-state index in [1.807, 2.05) is 52.3 Å². The molecule has 0 unspecified atom stereocenters. The molecular weight excluding hydrogens is 390 g/mol. The van der Waals surface area contributed by atoms with E-state index in [0.717, 1.165) is 12.0 Å². The number of hydrogen-bond acceptors (Lipinski definition) is 6. The minimum atomic E-state index is -0.879. The fraction of sp³-hybridized carbons (Fsp3) is 0.200. The van der Waals surface area contributed by atoms with Crippen molar-refractivity contribution in [2.45, 2.75) is 18.1 Å². The van der Waals surface area contributed by atoms with Gasteiger partial charge in [-0.3, -0.25) is 10.1 Å². The summed E-state index contributed by atoms with van der Waals surface area (Å²) < 4.78 is 7.42. The highest BCUT2D eigenvalue weighted by Crippen LogP contribution is 2.31. The van der Waals surface area contributed by atoms with Crippen LogP contribution in [0.4, 0.5) is 4.79 Å². The number of primary amides is 1. The van der Waals surface area contributed by atoms with Gasteiger partial charge in [0.05, 0.1) is 18.4 Å². The van der Waals surface area contributed by atoms with Crippen LogP contribution in [-0.4, -0.2) is 39.6 Å². The highest BCUT2D eigenvalue weighted by molar-refractivity contribution is 7.99. The van der Waals surface area contributed by atoms with Gasteiger partial charge in [-0.1, -0.05) is 54.2 Å². The first-order chi connectivity index (χ1) is 14.1. The Labute approximate surface area is 172 Å². The van der Waals surface area contributed by atoms with E-state index >= 15 is 0 Å². The maximum atomic E-state index is 11.8. The molecule has 0 aliphatic carbocycles. The van der Waals surface area contributed by atoms with Crippen molar-refractivity contribution in [1.29, 1.82) is 0 Å². The molecule has 0 spiro atoms. The summed E-state index contributed by atoms with van der Waals surface area (Å²) in [7, 11) is 1.60. The molecule has 1 aromatic heterocycles. The van der Waals surface area contributed by atoms with Crippen molar-refractivity contribution in [2.24, 2.45) is 5.73 Å². The fourth-order valence-electron chi connectivity index (χ4n) is 2.81.